The van der Waals surface area contributed by atoms with Gasteiger partial charge in [0.2, 0.25) is 0 Å². The molecule has 7 heteroatoms. The Balaban J connectivity index is 3.99. The number of hydrazine groups is 1. The van der Waals surface area contributed by atoms with Crippen molar-refractivity contribution in [2.75, 3.05) is 13.2 Å². The Bertz CT molecular complexity index is 137. The van der Waals surface area contributed by atoms with E-state index in [1.54, 1.807) is 0 Å². The molecule has 9 N–H and O–H groups in total. The summed E-state index contributed by atoms with van der Waals surface area (Å²) in [4.78, 5) is 0. The number of aliphatic hydroxyl groups is 4. The first-order valence-corrected chi connectivity index (χ1v) is 3.88. The van der Waals surface area contributed by atoms with Crippen molar-refractivity contribution in [1.82, 2.24) is 5.43 Å². The lowest BCUT2D eigenvalue weighted by Gasteiger charge is -2.25. The van der Waals surface area contributed by atoms with Crippen LogP contribution in [0.3, 0.4) is 0 Å². The van der Waals surface area contributed by atoms with Crippen LogP contribution in [0.25, 0.3) is 0 Å². The number of hydrogen-bond donors (Lipinski definition) is 7. The molecule has 0 aliphatic carbocycles. The quantitative estimate of drug-likeness (QED) is 0.168. The highest BCUT2D eigenvalue weighted by Gasteiger charge is 2.28. The molecule has 4 atom stereocenters. The molecule has 0 saturated heterocycles. The maximum Gasteiger partial charge on any atom is 0.110 e. The number of aliphatic hydroxyl groups excluding tert-OH is 4. The van der Waals surface area contributed by atoms with E-state index in [4.69, 9.17) is 21.8 Å². The van der Waals surface area contributed by atoms with Gasteiger partial charge in [-0.15, -0.1) is 0 Å². The van der Waals surface area contributed by atoms with Gasteiger partial charge in [-0.2, -0.15) is 0 Å². The van der Waals surface area contributed by atoms with Crippen LogP contribution in [0.2, 0.25) is 0 Å². The number of nitrogens with two attached hydrogens (primary N) is 2. The van der Waals surface area contributed by atoms with E-state index < -0.39 is 31.0 Å². The first-order valence-electron chi connectivity index (χ1n) is 3.88. The summed E-state index contributed by atoms with van der Waals surface area (Å²) in [6, 6.07) is -0.804. The fourth-order valence-corrected chi connectivity index (χ4v) is 0.846. The molecule has 0 heterocycles. The standard InChI is InChI=1S/C6H17N3O4/c7-3(1-9-8)5(12)6(13)4(11)2-10/h3-6,9-13H,1-2,7-8H2/t3-,4-,5-,6-/m1/s1. The highest BCUT2D eigenvalue weighted by molar-refractivity contribution is 4.83. The summed E-state index contributed by atoms with van der Waals surface area (Å²) in [6.45, 7) is -0.544. The Morgan fingerprint density at radius 3 is 2.08 bits per heavy atom. The number of hydrogen-bond acceptors (Lipinski definition) is 7. The summed E-state index contributed by atoms with van der Waals surface area (Å²) in [5.74, 6) is 4.94. The molecular weight excluding hydrogens is 178 g/mol. The molecule has 0 rings (SSSR count). The molecule has 7 nitrogen and oxygen atoms in total. The second-order valence-corrected chi connectivity index (χ2v) is 2.80. The molecule has 0 bridgehead atoms. The van der Waals surface area contributed by atoms with Gasteiger partial charge in [0.25, 0.3) is 0 Å². The largest absolute Gasteiger partial charge is 0.394 e. The molecule has 0 radical (unpaired) electrons. The summed E-state index contributed by atoms with van der Waals surface area (Å²) < 4.78 is 0. The minimum Gasteiger partial charge on any atom is -0.394 e. The summed E-state index contributed by atoms with van der Waals surface area (Å²) in [6.07, 6.45) is -4.22. The van der Waals surface area contributed by atoms with Crippen molar-refractivity contribution < 1.29 is 20.4 Å². The van der Waals surface area contributed by atoms with Gasteiger partial charge in [-0.25, -0.2) is 0 Å². The Hall–Kier alpha value is -0.280. The molecule has 0 saturated carbocycles. The smallest absolute Gasteiger partial charge is 0.110 e. The van der Waals surface area contributed by atoms with Crippen LogP contribution in [0.15, 0.2) is 0 Å². The third-order valence-electron chi connectivity index (χ3n) is 1.72. The Morgan fingerprint density at radius 2 is 1.69 bits per heavy atom. The van der Waals surface area contributed by atoms with Gasteiger partial charge in [0.15, 0.2) is 0 Å². The Morgan fingerprint density at radius 1 is 1.15 bits per heavy atom. The van der Waals surface area contributed by atoms with Crippen LogP contribution in [-0.2, 0) is 0 Å². The van der Waals surface area contributed by atoms with Gasteiger partial charge in [0, 0.05) is 12.6 Å². The molecule has 0 aliphatic rings. The first kappa shape index (κ1) is 12.7. The van der Waals surface area contributed by atoms with Crippen LogP contribution in [-0.4, -0.2) is 57.9 Å². The maximum atomic E-state index is 9.28. The topological polar surface area (TPSA) is 145 Å². The summed E-state index contributed by atoms with van der Waals surface area (Å²) in [5, 5.41) is 35.9. The molecular formula is C6H17N3O4. The second-order valence-electron chi connectivity index (χ2n) is 2.80. The molecule has 0 spiro atoms. The van der Waals surface area contributed by atoms with Crippen molar-refractivity contribution in [2.45, 2.75) is 24.4 Å². The SMILES string of the molecule is NNC[C@@H](N)[C@@H](O)[C@H](O)[C@H](O)CO. The monoisotopic (exact) mass is 195 g/mol. The summed E-state index contributed by atoms with van der Waals surface area (Å²) in [5.41, 5.74) is 7.60. The third kappa shape index (κ3) is 3.96. The van der Waals surface area contributed by atoms with Gasteiger partial charge < -0.3 is 26.2 Å². The van der Waals surface area contributed by atoms with Crippen LogP contribution < -0.4 is 17.0 Å². The number of nitrogens with one attached hydrogen (secondary N) is 1. The van der Waals surface area contributed by atoms with Gasteiger partial charge in [0.1, 0.15) is 12.2 Å². The lowest BCUT2D eigenvalue weighted by atomic mass is 10.0. The van der Waals surface area contributed by atoms with Gasteiger partial charge in [-0.3, -0.25) is 11.3 Å². The predicted molar refractivity (Wildman–Crippen MR) is 45.3 cm³/mol. The molecule has 0 fully saturated rings. The highest BCUT2D eigenvalue weighted by Crippen LogP contribution is 2.02. The maximum absolute atomic E-state index is 9.28. The molecule has 0 amide bonds. The van der Waals surface area contributed by atoms with E-state index in [-0.39, 0.29) is 6.54 Å². The fourth-order valence-electron chi connectivity index (χ4n) is 0.846. The molecule has 13 heavy (non-hydrogen) atoms. The molecule has 80 valence electrons. The number of rotatable bonds is 6. The Kier molecular flexibility index (Phi) is 6.08. The highest BCUT2D eigenvalue weighted by atomic mass is 16.4. The zero-order valence-corrected chi connectivity index (χ0v) is 7.17. The van der Waals surface area contributed by atoms with E-state index in [1.165, 1.54) is 0 Å². The van der Waals surface area contributed by atoms with Crippen molar-refractivity contribution in [1.29, 1.82) is 0 Å². The predicted octanol–water partition coefficient (Wildman–Crippen LogP) is -4.15. The minimum absolute atomic E-state index is 0.0936. The second kappa shape index (κ2) is 6.22. The lowest BCUT2D eigenvalue weighted by molar-refractivity contribution is -0.0829. The molecule has 0 aliphatic heterocycles. The zero-order chi connectivity index (χ0) is 10.4. The molecule has 0 aromatic rings. The van der Waals surface area contributed by atoms with Gasteiger partial charge in [-0.1, -0.05) is 0 Å². The van der Waals surface area contributed by atoms with Crippen molar-refractivity contribution in [3.8, 4) is 0 Å². The van der Waals surface area contributed by atoms with Crippen LogP contribution in [0, 0.1) is 0 Å². The molecule has 0 aromatic carbocycles. The first-order chi connectivity index (χ1) is 6.04. The fraction of sp³-hybridized carbons (Fsp3) is 1.00. The van der Waals surface area contributed by atoms with Crippen LogP contribution >= 0.6 is 0 Å². The summed E-state index contributed by atoms with van der Waals surface area (Å²) in [7, 11) is 0. The van der Waals surface area contributed by atoms with E-state index in [2.05, 4.69) is 5.43 Å². The Labute approximate surface area is 75.9 Å². The zero-order valence-electron chi connectivity index (χ0n) is 7.17. The molecule has 0 unspecified atom stereocenters. The van der Waals surface area contributed by atoms with Crippen molar-refractivity contribution in [3.05, 3.63) is 0 Å². The van der Waals surface area contributed by atoms with E-state index in [0.29, 0.717) is 0 Å². The summed E-state index contributed by atoms with van der Waals surface area (Å²) >= 11 is 0. The van der Waals surface area contributed by atoms with Gasteiger partial charge in [0.05, 0.1) is 12.7 Å². The van der Waals surface area contributed by atoms with Gasteiger partial charge >= 0.3 is 0 Å². The average molecular weight is 195 g/mol. The molecule has 0 aromatic heterocycles. The van der Waals surface area contributed by atoms with Crippen molar-refractivity contribution in [2.24, 2.45) is 11.6 Å². The third-order valence-corrected chi connectivity index (χ3v) is 1.72. The van der Waals surface area contributed by atoms with E-state index in [0.717, 1.165) is 0 Å². The van der Waals surface area contributed by atoms with E-state index in [1.807, 2.05) is 0 Å². The van der Waals surface area contributed by atoms with E-state index >= 15 is 0 Å². The van der Waals surface area contributed by atoms with Crippen LogP contribution in [0.5, 0.6) is 0 Å². The lowest BCUT2D eigenvalue weighted by Crippen LogP contribution is -2.53. The normalized spacial score (nSPS) is 20.8. The van der Waals surface area contributed by atoms with Crippen molar-refractivity contribution in [3.63, 3.8) is 0 Å². The minimum atomic E-state index is -1.48. The van der Waals surface area contributed by atoms with Crippen LogP contribution in [0.1, 0.15) is 0 Å². The average Bonchev–Trinajstić information content (AvgIpc) is 2.14. The van der Waals surface area contributed by atoms with Gasteiger partial charge in [-0.05, 0) is 0 Å². The van der Waals surface area contributed by atoms with Crippen molar-refractivity contribution >= 4 is 0 Å². The van der Waals surface area contributed by atoms with E-state index in [9.17, 15) is 10.2 Å². The van der Waals surface area contributed by atoms with Crippen LogP contribution in [0.4, 0.5) is 0 Å².